The number of ether oxygens (including phenoxy) is 4. The minimum absolute atomic E-state index is 0.218. The van der Waals surface area contributed by atoms with E-state index in [2.05, 4.69) is 20.3 Å². The van der Waals surface area contributed by atoms with Crippen molar-refractivity contribution in [1.82, 2.24) is 15.0 Å². The Morgan fingerprint density at radius 1 is 1.19 bits per heavy atom. The summed E-state index contributed by atoms with van der Waals surface area (Å²) < 4.78 is 36.9. The number of anilines is 1. The largest absolute Gasteiger partial charge is 0.491 e. The van der Waals surface area contributed by atoms with Gasteiger partial charge >= 0.3 is 0 Å². The number of pyridine rings is 1. The molecule has 3 aliphatic heterocycles. The summed E-state index contributed by atoms with van der Waals surface area (Å²) in [5.74, 6) is 0.515. The standard InChI is InChI=1S/C20H18ClFN4O5/c21-8-4-10-19(25-18(8)23-11-5-28-13-3-1-2-9(22)15(11)13)26-20(24-10)31-14-7-30-16-12(27)6-29-17(14)16/h1-4,11-12,14,16-17,27H,5-7H2,(H2,23,24,25,26)/t11-,12-,14-,16-,17-/m1/s1. The lowest BCUT2D eigenvalue weighted by atomic mass is 10.1. The number of fused-ring (bicyclic) bond motifs is 3. The minimum Gasteiger partial charge on any atom is -0.491 e. The summed E-state index contributed by atoms with van der Waals surface area (Å²) in [7, 11) is 0. The number of benzene rings is 1. The summed E-state index contributed by atoms with van der Waals surface area (Å²) in [6.45, 7) is 0.768. The maximum absolute atomic E-state index is 14.3. The van der Waals surface area contributed by atoms with Crippen molar-refractivity contribution in [2.24, 2.45) is 0 Å². The summed E-state index contributed by atoms with van der Waals surface area (Å²) in [5.41, 5.74) is 1.42. The van der Waals surface area contributed by atoms with Crippen LogP contribution in [0.4, 0.5) is 10.2 Å². The van der Waals surface area contributed by atoms with E-state index in [9.17, 15) is 9.50 Å². The fourth-order valence-corrected chi connectivity index (χ4v) is 4.46. The van der Waals surface area contributed by atoms with Crippen LogP contribution in [0.25, 0.3) is 11.2 Å². The van der Waals surface area contributed by atoms with Gasteiger partial charge in [-0.1, -0.05) is 17.7 Å². The van der Waals surface area contributed by atoms with E-state index in [4.69, 9.17) is 30.5 Å². The summed E-state index contributed by atoms with van der Waals surface area (Å²) in [6, 6.07) is 6.21. The van der Waals surface area contributed by atoms with Gasteiger partial charge in [-0.15, -0.1) is 0 Å². The Kier molecular flexibility index (Phi) is 4.42. The van der Waals surface area contributed by atoms with Crippen LogP contribution < -0.4 is 14.8 Å². The van der Waals surface area contributed by atoms with Crippen molar-refractivity contribution in [2.45, 2.75) is 30.5 Å². The van der Waals surface area contributed by atoms with Crippen molar-refractivity contribution < 1.29 is 28.4 Å². The number of H-pyrrole nitrogens is 1. The molecule has 11 heteroatoms. The molecule has 3 aliphatic rings. The maximum atomic E-state index is 14.3. The summed E-state index contributed by atoms with van der Waals surface area (Å²) in [6.07, 6.45) is -1.80. The van der Waals surface area contributed by atoms with E-state index < -0.39 is 24.4 Å². The van der Waals surface area contributed by atoms with Gasteiger partial charge < -0.3 is 34.4 Å². The fourth-order valence-electron chi connectivity index (χ4n) is 4.26. The fraction of sp³-hybridized carbons (Fsp3) is 0.400. The van der Waals surface area contributed by atoms with Crippen LogP contribution in [0.2, 0.25) is 5.02 Å². The first-order valence-electron chi connectivity index (χ1n) is 9.89. The van der Waals surface area contributed by atoms with Crippen LogP contribution in [0.1, 0.15) is 11.6 Å². The Morgan fingerprint density at radius 2 is 2.06 bits per heavy atom. The molecule has 5 heterocycles. The van der Waals surface area contributed by atoms with Crippen molar-refractivity contribution in [3.8, 4) is 11.8 Å². The molecule has 0 aliphatic carbocycles. The molecule has 9 nitrogen and oxygen atoms in total. The van der Waals surface area contributed by atoms with Gasteiger partial charge in [0.2, 0.25) is 0 Å². The minimum atomic E-state index is -0.655. The molecule has 162 valence electrons. The monoisotopic (exact) mass is 448 g/mol. The topological polar surface area (TPSA) is 111 Å². The molecule has 2 fully saturated rings. The van der Waals surface area contributed by atoms with Gasteiger partial charge in [0.15, 0.2) is 11.8 Å². The second-order valence-electron chi connectivity index (χ2n) is 7.71. The zero-order chi connectivity index (χ0) is 21.1. The number of hydrogen-bond acceptors (Lipinski definition) is 8. The van der Waals surface area contributed by atoms with E-state index in [1.54, 1.807) is 18.2 Å². The van der Waals surface area contributed by atoms with Gasteiger partial charge in [-0.2, -0.15) is 4.98 Å². The normalized spacial score (nSPS) is 29.1. The first-order valence-corrected chi connectivity index (χ1v) is 10.3. The Morgan fingerprint density at radius 3 is 2.97 bits per heavy atom. The summed E-state index contributed by atoms with van der Waals surface area (Å²) >= 11 is 6.40. The van der Waals surface area contributed by atoms with Gasteiger partial charge in [-0.25, -0.2) is 9.37 Å². The first kappa shape index (κ1) is 19.1. The van der Waals surface area contributed by atoms with Crippen LogP contribution in [0.15, 0.2) is 24.3 Å². The lowest BCUT2D eigenvalue weighted by molar-refractivity contribution is 0.00706. The number of rotatable bonds is 4. The third-order valence-electron chi connectivity index (χ3n) is 5.73. The molecular weight excluding hydrogens is 431 g/mol. The van der Waals surface area contributed by atoms with E-state index in [0.717, 1.165) is 0 Å². The van der Waals surface area contributed by atoms with E-state index in [1.165, 1.54) is 6.07 Å². The Hall–Kier alpha value is -2.66. The first-order chi connectivity index (χ1) is 15.1. The number of aromatic amines is 1. The third kappa shape index (κ3) is 3.18. The smallest absolute Gasteiger partial charge is 0.296 e. The van der Waals surface area contributed by atoms with Gasteiger partial charge in [0.1, 0.15) is 42.3 Å². The molecular formula is C20H18ClFN4O5. The van der Waals surface area contributed by atoms with Crippen molar-refractivity contribution >= 4 is 28.6 Å². The molecule has 5 atom stereocenters. The predicted molar refractivity (Wildman–Crippen MR) is 107 cm³/mol. The Labute approximate surface area is 180 Å². The van der Waals surface area contributed by atoms with Crippen LogP contribution in [0.5, 0.6) is 11.8 Å². The number of aliphatic hydroxyl groups excluding tert-OH is 1. The molecule has 0 unspecified atom stereocenters. The summed E-state index contributed by atoms with van der Waals surface area (Å²) in [5, 5.41) is 13.4. The summed E-state index contributed by atoms with van der Waals surface area (Å²) in [4.78, 5) is 11.9. The highest BCUT2D eigenvalue weighted by molar-refractivity contribution is 6.33. The van der Waals surface area contributed by atoms with Crippen LogP contribution >= 0.6 is 11.6 Å². The zero-order valence-corrected chi connectivity index (χ0v) is 16.8. The molecule has 6 rings (SSSR count). The van der Waals surface area contributed by atoms with Crippen LogP contribution in [-0.2, 0) is 9.47 Å². The second-order valence-corrected chi connectivity index (χ2v) is 8.12. The lowest BCUT2D eigenvalue weighted by Crippen LogP contribution is -2.34. The predicted octanol–water partition coefficient (Wildman–Crippen LogP) is 2.20. The number of nitrogens with one attached hydrogen (secondary N) is 2. The van der Waals surface area contributed by atoms with Crippen molar-refractivity contribution in [2.75, 3.05) is 25.1 Å². The highest BCUT2D eigenvalue weighted by atomic mass is 35.5. The molecule has 3 aromatic rings. The number of imidazole rings is 1. The number of hydrogen-bond donors (Lipinski definition) is 3. The number of aliphatic hydroxyl groups is 1. The number of halogens is 2. The van der Waals surface area contributed by atoms with E-state index >= 15 is 0 Å². The SMILES string of the molecule is O[C@@H]1CO[C@H]2[C@@H]1OC[C@H]2Oc1nc2nc(N[C@@H]3COc4cccc(F)c43)c(Cl)cc2[nH]1. The average Bonchev–Trinajstić information content (AvgIpc) is 3.50. The maximum Gasteiger partial charge on any atom is 0.296 e. The number of nitrogens with zero attached hydrogens (tertiary/aromatic N) is 2. The molecule has 0 saturated carbocycles. The molecule has 0 amide bonds. The molecule has 1 aromatic carbocycles. The Balaban J connectivity index is 1.24. The second kappa shape index (κ2) is 7.20. The van der Waals surface area contributed by atoms with Crippen molar-refractivity contribution in [3.05, 3.63) is 40.7 Å². The average molecular weight is 449 g/mol. The quantitative estimate of drug-likeness (QED) is 0.557. The third-order valence-corrected chi connectivity index (χ3v) is 6.02. The van der Waals surface area contributed by atoms with Gasteiger partial charge in [-0.05, 0) is 18.2 Å². The van der Waals surface area contributed by atoms with Gasteiger partial charge in [0.05, 0.1) is 35.4 Å². The molecule has 31 heavy (non-hydrogen) atoms. The van der Waals surface area contributed by atoms with Gasteiger partial charge in [0.25, 0.3) is 6.01 Å². The molecule has 2 aromatic heterocycles. The van der Waals surface area contributed by atoms with Crippen LogP contribution in [0, 0.1) is 5.82 Å². The molecule has 2 saturated heterocycles. The van der Waals surface area contributed by atoms with Gasteiger partial charge in [-0.3, -0.25) is 0 Å². The molecule has 0 spiro atoms. The van der Waals surface area contributed by atoms with Crippen LogP contribution in [0.3, 0.4) is 0 Å². The van der Waals surface area contributed by atoms with E-state index in [1.807, 2.05) is 0 Å². The number of aromatic nitrogens is 3. The highest BCUT2D eigenvalue weighted by Crippen LogP contribution is 2.38. The molecule has 0 bridgehead atoms. The Bertz CT molecular complexity index is 1160. The highest BCUT2D eigenvalue weighted by Gasteiger charge is 2.48. The van der Waals surface area contributed by atoms with E-state index in [-0.39, 0.29) is 37.8 Å². The van der Waals surface area contributed by atoms with Crippen molar-refractivity contribution in [3.63, 3.8) is 0 Å². The lowest BCUT2D eigenvalue weighted by Gasteiger charge is -2.15. The van der Waals surface area contributed by atoms with Gasteiger partial charge in [0, 0.05) is 0 Å². The molecule has 0 radical (unpaired) electrons. The van der Waals surface area contributed by atoms with E-state index in [0.29, 0.717) is 33.3 Å². The zero-order valence-electron chi connectivity index (χ0n) is 16.0. The van der Waals surface area contributed by atoms with Crippen molar-refractivity contribution in [1.29, 1.82) is 0 Å². The molecule has 3 N–H and O–H groups in total. The van der Waals surface area contributed by atoms with Crippen LogP contribution in [-0.4, -0.2) is 64.3 Å².